The Bertz CT molecular complexity index is 900. The zero-order chi connectivity index (χ0) is 16.0. The minimum atomic E-state index is -4.14. The zero-order valence-corrected chi connectivity index (χ0v) is 14.2. The van der Waals surface area contributed by atoms with Crippen molar-refractivity contribution in [3.05, 3.63) is 20.9 Å². The van der Waals surface area contributed by atoms with Crippen LogP contribution in [0.4, 0.5) is 5.82 Å². The first-order chi connectivity index (χ1) is 9.50. The highest BCUT2D eigenvalue weighted by molar-refractivity contribution is 7.93. The number of primary sulfonamides is 1. The molecule has 2 aromatic rings. The van der Waals surface area contributed by atoms with E-state index in [0.29, 0.717) is 0 Å². The average Bonchev–Trinajstić information content (AvgIpc) is 2.80. The van der Waals surface area contributed by atoms with Gasteiger partial charge < -0.3 is 0 Å². The highest BCUT2D eigenvalue weighted by Crippen LogP contribution is 2.35. The Hall–Kier alpha value is -0.850. The molecular weight excluding hydrogens is 383 g/mol. The van der Waals surface area contributed by atoms with Crippen molar-refractivity contribution in [1.82, 2.24) is 9.78 Å². The normalized spacial score (nSPS) is 12.6. The van der Waals surface area contributed by atoms with E-state index in [1.807, 2.05) is 4.72 Å². The number of nitrogens with two attached hydrogens (primary N) is 1. The van der Waals surface area contributed by atoms with Gasteiger partial charge in [0.2, 0.25) is 10.0 Å². The monoisotopic (exact) mass is 390 g/mol. The molecule has 116 valence electrons. The molecule has 8 nitrogen and oxygen atoms in total. The van der Waals surface area contributed by atoms with E-state index in [4.69, 9.17) is 28.3 Å². The van der Waals surface area contributed by atoms with Crippen molar-refractivity contribution in [1.29, 1.82) is 0 Å². The standard InChI is InChI=1S/C8H8Cl2N4O4S3/c1-14-3-5(20(11,15)16)8(12-14)13-21(17,18)4-2-6(9)19-7(4)10/h2-3H,1H3,(H,12,13)(H2,11,15,16). The molecule has 2 rings (SSSR count). The van der Waals surface area contributed by atoms with Gasteiger partial charge in [-0.3, -0.25) is 9.40 Å². The van der Waals surface area contributed by atoms with Crippen molar-refractivity contribution in [2.24, 2.45) is 12.2 Å². The highest BCUT2D eigenvalue weighted by Gasteiger charge is 2.26. The molecule has 0 amide bonds. The molecule has 0 aromatic carbocycles. The number of nitrogens with zero attached hydrogens (tertiary/aromatic N) is 2. The quantitative estimate of drug-likeness (QED) is 0.811. The molecule has 0 bridgehead atoms. The maximum atomic E-state index is 12.2. The number of hydrogen-bond donors (Lipinski definition) is 2. The lowest BCUT2D eigenvalue weighted by atomic mass is 10.6. The van der Waals surface area contributed by atoms with Crippen molar-refractivity contribution in [2.75, 3.05) is 4.72 Å². The van der Waals surface area contributed by atoms with Gasteiger partial charge in [0, 0.05) is 13.2 Å². The van der Waals surface area contributed by atoms with E-state index >= 15 is 0 Å². The Balaban J connectivity index is 2.50. The summed E-state index contributed by atoms with van der Waals surface area (Å²) >= 11 is 12.3. The maximum absolute atomic E-state index is 12.2. The fraction of sp³-hybridized carbons (Fsp3) is 0.125. The third-order valence-corrected chi connectivity index (χ3v) is 6.25. The Morgan fingerprint density at radius 3 is 2.38 bits per heavy atom. The molecule has 21 heavy (non-hydrogen) atoms. The summed E-state index contributed by atoms with van der Waals surface area (Å²) in [6, 6.07) is 1.15. The molecule has 13 heteroatoms. The van der Waals surface area contributed by atoms with Gasteiger partial charge >= 0.3 is 0 Å². The molecule has 0 aliphatic heterocycles. The lowest BCUT2D eigenvalue weighted by Crippen LogP contribution is -2.18. The van der Waals surface area contributed by atoms with Gasteiger partial charge in [-0.15, -0.1) is 11.3 Å². The molecule has 0 aliphatic rings. The van der Waals surface area contributed by atoms with Crippen LogP contribution in [0.15, 0.2) is 22.1 Å². The lowest BCUT2D eigenvalue weighted by Gasteiger charge is -2.05. The fourth-order valence-electron chi connectivity index (χ4n) is 1.44. The topological polar surface area (TPSA) is 124 Å². The third-order valence-electron chi connectivity index (χ3n) is 2.25. The van der Waals surface area contributed by atoms with Gasteiger partial charge in [-0.05, 0) is 6.07 Å². The first-order valence-corrected chi connectivity index (χ1v) is 9.65. The van der Waals surface area contributed by atoms with Crippen molar-refractivity contribution >= 4 is 60.4 Å². The van der Waals surface area contributed by atoms with Gasteiger partial charge in [-0.2, -0.15) is 5.10 Å². The second-order valence-corrected chi connectivity index (χ2v) is 9.32. The van der Waals surface area contributed by atoms with Crippen molar-refractivity contribution in [3.63, 3.8) is 0 Å². The molecule has 0 spiro atoms. The molecule has 0 saturated carbocycles. The van der Waals surface area contributed by atoms with Crippen LogP contribution in [0.1, 0.15) is 0 Å². The summed E-state index contributed by atoms with van der Waals surface area (Å²) < 4.78 is 50.5. The summed E-state index contributed by atoms with van der Waals surface area (Å²) in [6.07, 6.45) is 1.08. The number of nitrogens with one attached hydrogen (secondary N) is 1. The van der Waals surface area contributed by atoms with Crippen LogP contribution >= 0.6 is 34.5 Å². The molecule has 3 N–H and O–H groups in total. The first-order valence-electron chi connectivity index (χ1n) is 5.05. The van der Waals surface area contributed by atoms with Crippen LogP contribution in [-0.2, 0) is 27.1 Å². The molecule has 0 unspecified atom stereocenters. The summed E-state index contributed by atoms with van der Waals surface area (Å²) in [7, 11) is -6.87. The summed E-state index contributed by atoms with van der Waals surface area (Å²) in [4.78, 5) is -0.726. The van der Waals surface area contributed by atoms with E-state index < -0.39 is 30.8 Å². The Morgan fingerprint density at radius 2 is 1.90 bits per heavy atom. The van der Waals surface area contributed by atoms with Crippen molar-refractivity contribution in [2.45, 2.75) is 9.79 Å². The van der Waals surface area contributed by atoms with E-state index in [-0.39, 0.29) is 13.6 Å². The van der Waals surface area contributed by atoms with Gasteiger partial charge in [-0.1, -0.05) is 23.2 Å². The number of aromatic nitrogens is 2. The number of anilines is 1. The SMILES string of the molecule is Cn1cc(S(N)(=O)=O)c(NS(=O)(=O)c2cc(Cl)sc2Cl)n1. The van der Waals surface area contributed by atoms with E-state index in [1.54, 1.807) is 0 Å². The van der Waals surface area contributed by atoms with Gasteiger partial charge in [0.1, 0.15) is 14.1 Å². The van der Waals surface area contributed by atoms with Crippen LogP contribution < -0.4 is 9.86 Å². The molecular formula is C8H8Cl2N4O4S3. The molecule has 0 fully saturated rings. The van der Waals surface area contributed by atoms with Crippen molar-refractivity contribution < 1.29 is 16.8 Å². The molecule has 0 aliphatic carbocycles. The first kappa shape index (κ1) is 16.5. The lowest BCUT2D eigenvalue weighted by molar-refractivity contribution is 0.598. The number of thiophene rings is 1. The number of halogens is 2. The van der Waals surface area contributed by atoms with Crippen LogP contribution in [0, 0.1) is 0 Å². The summed E-state index contributed by atoms with van der Waals surface area (Å²) in [5, 5.41) is 8.72. The van der Waals surface area contributed by atoms with Gasteiger partial charge in [0.15, 0.2) is 5.82 Å². The summed E-state index contributed by atoms with van der Waals surface area (Å²) in [5.74, 6) is -0.418. The molecule has 2 aromatic heterocycles. The third kappa shape index (κ3) is 3.49. The van der Waals surface area contributed by atoms with E-state index in [0.717, 1.165) is 28.3 Å². The van der Waals surface area contributed by atoms with Crippen LogP contribution in [0.5, 0.6) is 0 Å². The van der Waals surface area contributed by atoms with E-state index in [2.05, 4.69) is 5.10 Å². The van der Waals surface area contributed by atoms with Crippen LogP contribution in [0.3, 0.4) is 0 Å². The minimum absolute atomic E-state index is 0.0550. The predicted molar refractivity (Wildman–Crippen MR) is 79.7 cm³/mol. The molecule has 0 radical (unpaired) electrons. The maximum Gasteiger partial charge on any atom is 0.265 e. The van der Waals surface area contributed by atoms with E-state index in [9.17, 15) is 16.8 Å². The Morgan fingerprint density at radius 1 is 1.29 bits per heavy atom. The smallest absolute Gasteiger partial charge is 0.265 e. The summed E-state index contributed by atoms with van der Waals surface area (Å²) in [5.41, 5.74) is 0. The number of aryl methyl sites for hydroxylation is 1. The second kappa shape index (κ2) is 5.41. The largest absolute Gasteiger partial charge is 0.272 e. The van der Waals surface area contributed by atoms with Crippen molar-refractivity contribution in [3.8, 4) is 0 Å². The average molecular weight is 391 g/mol. The van der Waals surface area contributed by atoms with E-state index in [1.165, 1.54) is 7.05 Å². The van der Waals surface area contributed by atoms with Gasteiger partial charge in [0.05, 0.1) is 4.34 Å². The Labute approximate surface area is 134 Å². The van der Waals surface area contributed by atoms with Crippen LogP contribution in [0.25, 0.3) is 0 Å². The second-order valence-electron chi connectivity index (χ2n) is 3.85. The highest BCUT2D eigenvalue weighted by atomic mass is 35.5. The number of sulfonamides is 2. The van der Waals surface area contributed by atoms with Crippen LogP contribution in [-0.4, -0.2) is 26.6 Å². The molecule has 2 heterocycles. The Kier molecular flexibility index (Phi) is 4.26. The molecule has 0 saturated heterocycles. The minimum Gasteiger partial charge on any atom is -0.272 e. The fourth-order valence-corrected chi connectivity index (χ4v) is 5.33. The van der Waals surface area contributed by atoms with Crippen LogP contribution in [0.2, 0.25) is 8.67 Å². The number of hydrogen-bond acceptors (Lipinski definition) is 6. The van der Waals surface area contributed by atoms with Gasteiger partial charge in [-0.25, -0.2) is 22.0 Å². The zero-order valence-electron chi connectivity index (χ0n) is 10.2. The summed E-state index contributed by atoms with van der Waals surface area (Å²) in [6.45, 7) is 0. The number of rotatable bonds is 4. The predicted octanol–water partition coefficient (Wildman–Crippen LogP) is 1.24. The molecule has 0 atom stereocenters. The van der Waals surface area contributed by atoms with Gasteiger partial charge in [0.25, 0.3) is 10.0 Å².